The Kier molecular flexibility index (Phi) is 7.94. The van der Waals surface area contributed by atoms with E-state index in [1.165, 1.54) is 11.8 Å². The lowest BCUT2D eigenvalue weighted by molar-refractivity contribution is -0.139. The molecule has 2 aromatic rings. The van der Waals surface area contributed by atoms with Gasteiger partial charge in [-0.25, -0.2) is 9.79 Å². The molecule has 1 atom stereocenters. The van der Waals surface area contributed by atoms with Crippen LogP contribution in [0.3, 0.4) is 0 Å². The second-order valence-corrected chi connectivity index (χ2v) is 8.84. The smallest absolute Gasteiger partial charge is 0.338 e. The minimum atomic E-state index is -0.554. The summed E-state index contributed by atoms with van der Waals surface area (Å²) >= 11 is 1.42. The summed E-state index contributed by atoms with van der Waals surface area (Å²) < 4.78 is 16.3. The normalized spacial score (nSPS) is 16.7. The number of aliphatic imine (C=N–C) groups is 1. The highest BCUT2D eigenvalue weighted by atomic mass is 32.2. The number of aromatic nitrogens is 1. The molecule has 1 N–H and O–H groups in total. The number of carbonyl (C=O) groups is 2. The Morgan fingerprint density at radius 2 is 1.94 bits per heavy atom. The van der Waals surface area contributed by atoms with Gasteiger partial charge < -0.3 is 24.4 Å². The summed E-state index contributed by atoms with van der Waals surface area (Å²) in [5, 5.41) is 5.50. The topological polar surface area (TPSA) is 102 Å². The van der Waals surface area contributed by atoms with Gasteiger partial charge in [-0.05, 0) is 49.1 Å². The van der Waals surface area contributed by atoms with E-state index in [1.54, 1.807) is 40.3 Å². The first-order valence-corrected chi connectivity index (χ1v) is 12.3. The van der Waals surface area contributed by atoms with Crippen LogP contribution in [0.2, 0.25) is 0 Å². The minimum absolute atomic E-state index is 0.109. The van der Waals surface area contributed by atoms with Crippen molar-refractivity contribution in [3.8, 4) is 11.5 Å². The first-order chi connectivity index (χ1) is 17.5. The number of carbonyl (C=O) groups excluding carboxylic acids is 2. The number of benzene rings is 1. The third kappa shape index (κ3) is 5.23. The summed E-state index contributed by atoms with van der Waals surface area (Å²) in [7, 11) is 3.13. The number of nitrogens with one attached hydrogen (secondary N) is 1. The van der Waals surface area contributed by atoms with E-state index in [-0.39, 0.29) is 18.9 Å². The maximum atomic E-state index is 13.1. The number of hydrogen-bond donors (Lipinski definition) is 1. The fourth-order valence-electron chi connectivity index (χ4n) is 4.10. The van der Waals surface area contributed by atoms with Gasteiger partial charge in [0.25, 0.3) is 0 Å². The lowest BCUT2D eigenvalue weighted by Crippen LogP contribution is -2.38. The van der Waals surface area contributed by atoms with Gasteiger partial charge in [-0.15, -0.1) is 0 Å². The number of methoxy groups -OCH3 is 2. The number of amides is 1. The number of amidine groups is 1. The van der Waals surface area contributed by atoms with Gasteiger partial charge in [0.2, 0.25) is 5.91 Å². The van der Waals surface area contributed by atoms with E-state index in [9.17, 15) is 9.59 Å². The SMILES string of the molecule is CCOC(=O)C1=C(C)N=C2SC=C(CC(=O)NCc3ccccn3)N2C1c1ccc(OC)c(OC)c1. The number of rotatable bonds is 9. The van der Waals surface area contributed by atoms with E-state index in [0.29, 0.717) is 34.5 Å². The number of thioether (sulfide) groups is 1. The third-order valence-electron chi connectivity index (χ3n) is 5.75. The molecule has 188 valence electrons. The van der Waals surface area contributed by atoms with Crippen molar-refractivity contribution in [2.45, 2.75) is 32.9 Å². The van der Waals surface area contributed by atoms with Crippen LogP contribution in [0.4, 0.5) is 0 Å². The van der Waals surface area contributed by atoms with Gasteiger partial charge in [0.05, 0.1) is 56.8 Å². The lowest BCUT2D eigenvalue weighted by atomic mass is 9.93. The molecule has 0 bridgehead atoms. The molecular formula is C26H28N4O5S. The first kappa shape index (κ1) is 25.3. The molecule has 2 aliphatic rings. The van der Waals surface area contributed by atoms with E-state index in [1.807, 2.05) is 40.6 Å². The lowest BCUT2D eigenvalue weighted by Gasteiger charge is -2.36. The van der Waals surface area contributed by atoms with E-state index >= 15 is 0 Å². The Bertz CT molecular complexity index is 1240. The van der Waals surface area contributed by atoms with Gasteiger partial charge in [-0.1, -0.05) is 23.9 Å². The highest BCUT2D eigenvalue weighted by Gasteiger charge is 2.41. The minimum Gasteiger partial charge on any atom is -0.493 e. The summed E-state index contributed by atoms with van der Waals surface area (Å²) in [5.41, 5.74) is 3.26. The molecule has 0 saturated carbocycles. The van der Waals surface area contributed by atoms with Crippen LogP contribution in [0.15, 0.2) is 70.0 Å². The van der Waals surface area contributed by atoms with Crippen molar-refractivity contribution < 1.29 is 23.8 Å². The maximum Gasteiger partial charge on any atom is 0.338 e. The van der Waals surface area contributed by atoms with Gasteiger partial charge in [0.15, 0.2) is 16.7 Å². The van der Waals surface area contributed by atoms with Crippen molar-refractivity contribution >= 4 is 28.8 Å². The molecular weight excluding hydrogens is 480 g/mol. The zero-order chi connectivity index (χ0) is 25.7. The number of nitrogens with zero attached hydrogens (tertiary/aromatic N) is 3. The predicted molar refractivity (Wildman–Crippen MR) is 137 cm³/mol. The molecule has 1 amide bonds. The molecule has 0 radical (unpaired) electrons. The van der Waals surface area contributed by atoms with Gasteiger partial charge in [0.1, 0.15) is 0 Å². The van der Waals surface area contributed by atoms with Crippen molar-refractivity contribution in [2.75, 3.05) is 20.8 Å². The van der Waals surface area contributed by atoms with Crippen LogP contribution < -0.4 is 14.8 Å². The monoisotopic (exact) mass is 508 g/mol. The number of fused-ring (bicyclic) bond motifs is 1. The van der Waals surface area contributed by atoms with Gasteiger partial charge in [-0.3, -0.25) is 9.78 Å². The molecule has 0 saturated heterocycles. The molecule has 0 spiro atoms. The Labute approximate surface area is 214 Å². The molecule has 1 aromatic heterocycles. The highest BCUT2D eigenvalue weighted by Crippen LogP contribution is 2.46. The van der Waals surface area contributed by atoms with Gasteiger partial charge in [-0.2, -0.15) is 0 Å². The Morgan fingerprint density at radius 1 is 1.14 bits per heavy atom. The molecule has 3 heterocycles. The number of hydrogen-bond acceptors (Lipinski definition) is 9. The summed E-state index contributed by atoms with van der Waals surface area (Å²) in [5.74, 6) is 0.493. The summed E-state index contributed by atoms with van der Waals surface area (Å²) in [4.78, 5) is 36.8. The summed E-state index contributed by atoms with van der Waals surface area (Å²) in [6.45, 7) is 4.12. The van der Waals surface area contributed by atoms with Crippen molar-refractivity contribution in [3.63, 3.8) is 0 Å². The molecule has 0 aliphatic carbocycles. The maximum absolute atomic E-state index is 13.1. The van der Waals surface area contributed by atoms with Crippen LogP contribution in [0.1, 0.15) is 37.6 Å². The van der Waals surface area contributed by atoms with Crippen molar-refractivity contribution in [1.29, 1.82) is 0 Å². The molecule has 36 heavy (non-hydrogen) atoms. The number of esters is 1. The average molecular weight is 509 g/mol. The van der Waals surface area contributed by atoms with E-state index in [0.717, 1.165) is 17.0 Å². The van der Waals surface area contributed by atoms with E-state index in [4.69, 9.17) is 14.2 Å². The second kappa shape index (κ2) is 11.3. The van der Waals surface area contributed by atoms with Crippen LogP contribution in [-0.2, 0) is 20.9 Å². The van der Waals surface area contributed by atoms with Crippen molar-refractivity contribution in [1.82, 2.24) is 15.2 Å². The molecule has 0 fully saturated rings. The Morgan fingerprint density at radius 3 is 2.64 bits per heavy atom. The van der Waals surface area contributed by atoms with E-state index in [2.05, 4.69) is 15.3 Å². The van der Waals surface area contributed by atoms with Crippen LogP contribution in [0.25, 0.3) is 0 Å². The number of allylic oxidation sites excluding steroid dienone is 1. The van der Waals surface area contributed by atoms with Gasteiger partial charge in [0, 0.05) is 11.9 Å². The summed E-state index contributed by atoms with van der Waals surface area (Å²) in [6, 6.07) is 10.5. The van der Waals surface area contributed by atoms with Crippen LogP contribution in [0.5, 0.6) is 11.5 Å². The number of pyridine rings is 1. The zero-order valence-electron chi connectivity index (χ0n) is 20.6. The molecule has 2 aliphatic heterocycles. The third-order valence-corrected chi connectivity index (χ3v) is 6.64. The number of ether oxygens (including phenoxy) is 3. The zero-order valence-corrected chi connectivity index (χ0v) is 21.4. The second-order valence-electron chi connectivity index (χ2n) is 8.00. The fraction of sp³-hybridized carbons (Fsp3) is 0.308. The molecule has 4 rings (SSSR count). The van der Waals surface area contributed by atoms with E-state index < -0.39 is 12.0 Å². The fourth-order valence-corrected chi connectivity index (χ4v) is 5.06. The Hall–Kier alpha value is -3.79. The molecule has 1 unspecified atom stereocenters. The molecule has 9 nitrogen and oxygen atoms in total. The molecule has 10 heteroatoms. The van der Waals surface area contributed by atoms with Crippen LogP contribution in [-0.4, -0.2) is 47.8 Å². The van der Waals surface area contributed by atoms with Crippen molar-refractivity contribution in [2.24, 2.45) is 4.99 Å². The summed E-state index contributed by atoms with van der Waals surface area (Å²) in [6.07, 6.45) is 1.80. The van der Waals surface area contributed by atoms with Crippen LogP contribution in [0, 0.1) is 0 Å². The largest absolute Gasteiger partial charge is 0.493 e. The molecule has 1 aromatic carbocycles. The first-order valence-electron chi connectivity index (χ1n) is 11.5. The van der Waals surface area contributed by atoms with Crippen LogP contribution >= 0.6 is 11.8 Å². The van der Waals surface area contributed by atoms with Gasteiger partial charge >= 0.3 is 5.97 Å². The Balaban J connectivity index is 1.66. The highest BCUT2D eigenvalue weighted by molar-refractivity contribution is 8.16. The van der Waals surface area contributed by atoms with Crippen molar-refractivity contribution in [3.05, 3.63) is 76.2 Å². The quantitative estimate of drug-likeness (QED) is 0.508. The standard InChI is InChI=1S/C26H28N4O5S/c1-5-35-25(32)23-16(2)29-26-30(24(23)17-9-10-20(33-3)21(12-17)34-4)19(15-36-26)13-22(31)28-14-18-8-6-7-11-27-18/h6-12,15,24H,5,13-14H2,1-4H3,(H,28,31). The average Bonchev–Trinajstić information content (AvgIpc) is 3.28. The predicted octanol–water partition coefficient (Wildman–Crippen LogP) is 3.94.